The van der Waals surface area contributed by atoms with Gasteiger partial charge in [-0.3, -0.25) is 4.79 Å². The average Bonchev–Trinajstić information content (AvgIpc) is 2.88. The Hall–Kier alpha value is -3.03. The van der Waals surface area contributed by atoms with Crippen LogP contribution in [0, 0.1) is 0 Å². The Morgan fingerprint density at radius 1 is 1.08 bits per heavy atom. The smallest absolute Gasteiger partial charge is 0.269 e. The van der Waals surface area contributed by atoms with E-state index in [0.717, 1.165) is 12.1 Å². The third-order valence-corrected chi connectivity index (χ3v) is 3.56. The monoisotopic (exact) mass is 346 g/mol. The number of amides is 1. The molecule has 1 amide bonds. The van der Waals surface area contributed by atoms with Crippen molar-refractivity contribution in [2.24, 2.45) is 15.3 Å². The van der Waals surface area contributed by atoms with E-state index < -0.39 is 23.7 Å². The van der Waals surface area contributed by atoms with Crippen LogP contribution in [0.3, 0.4) is 0 Å². The molecule has 1 aliphatic rings. The predicted octanol–water partition coefficient (Wildman–Crippen LogP) is 4.58. The number of carbonyl (C=O) groups excluding carboxylic acids is 1. The molecular weight excluding hydrogens is 333 g/mol. The van der Waals surface area contributed by atoms with E-state index in [2.05, 4.69) is 15.3 Å². The molecule has 0 unspecified atom stereocenters. The minimum atomic E-state index is -4.46. The molecule has 0 aliphatic carbocycles. The molecule has 2 aromatic rings. The molecular formula is C17H13F3N4O. The van der Waals surface area contributed by atoms with E-state index in [1.807, 2.05) is 6.07 Å². The van der Waals surface area contributed by atoms with Crippen LogP contribution >= 0.6 is 0 Å². The molecule has 0 spiro atoms. The minimum absolute atomic E-state index is 0.0218. The maximum atomic E-state index is 12.7. The first-order chi connectivity index (χ1) is 11.9. The van der Waals surface area contributed by atoms with Crippen LogP contribution in [-0.2, 0) is 11.0 Å². The van der Waals surface area contributed by atoms with Gasteiger partial charge < -0.3 is 0 Å². The van der Waals surface area contributed by atoms with Gasteiger partial charge in [-0.25, -0.2) is 0 Å². The zero-order valence-corrected chi connectivity index (χ0v) is 13.1. The first kappa shape index (κ1) is 16.8. The Bertz CT molecular complexity index is 846. The zero-order chi connectivity index (χ0) is 18.0. The Morgan fingerprint density at radius 3 is 2.48 bits per heavy atom. The van der Waals surface area contributed by atoms with Crippen LogP contribution in [0.2, 0.25) is 0 Å². The summed E-state index contributed by atoms with van der Waals surface area (Å²) in [6.07, 6.45) is -4.46. The van der Waals surface area contributed by atoms with E-state index in [4.69, 9.17) is 0 Å². The third kappa shape index (κ3) is 3.57. The van der Waals surface area contributed by atoms with Gasteiger partial charge in [0.2, 0.25) is 0 Å². The second-order valence-corrected chi connectivity index (χ2v) is 5.39. The van der Waals surface area contributed by atoms with Crippen molar-refractivity contribution in [2.75, 3.05) is 5.01 Å². The fourth-order valence-electron chi connectivity index (χ4n) is 2.31. The van der Waals surface area contributed by atoms with Crippen LogP contribution in [0.5, 0.6) is 0 Å². The van der Waals surface area contributed by atoms with Crippen molar-refractivity contribution in [3.8, 4) is 0 Å². The number of nitrogens with zero attached hydrogens (tertiary/aromatic N) is 4. The standard InChI is InChI=1S/C17H13F3N4O/c1-11-15(16(25)24(23-11)14-8-3-2-4-9-14)22-21-13-7-5-6-12(10-13)17(18,19)20/h2-10,15H,1H3/t15-/m1/s1. The second-order valence-electron chi connectivity index (χ2n) is 5.39. The normalized spacial score (nSPS) is 18.1. The molecule has 5 nitrogen and oxygen atoms in total. The first-order valence-electron chi connectivity index (χ1n) is 7.38. The minimum Gasteiger partial charge on any atom is -0.269 e. The summed E-state index contributed by atoms with van der Waals surface area (Å²) in [5.74, 6) is -0.403. The molecule has 1 atom stereocenters. The summed E-state index contributed by atoms with van der Waals surface area (Å²) in [5.41, 5.74) is 0.208. The van der Waals surface area contributed by atoms with Gasteiger partial charge in [-0.15, -0.1) is 0 Å². The lowest BCUT2D eigenvalue weighted by Crippen LogP contribution is -2.29. The second kappa shape index (κ2) is 6.46. The summed E-state index contributed by atoms with van der Waals surface area (Å²) in [5, 5.41) is 13.0. The molecule has 1 heterocycles. The highest BCUT2D eigenvalue weighted by atomic mass is 19.4. The molecule has 1 aliphatic heterocycles. The SMILES string of the molecule is CC1=NN(c2ccccc2)C(=O)[C@@H]1N=Nc1cccc(C(F)(F)F)c1. The summed E-state index contributed by atoms with van der Waals surface area (Å²) in [6, 6.07) is 12.3. The molecule has 0 N–H and O–H groups in total. The maximum Gasteiger partial charge on any atom is 0.416 e. The van der Waals surface area contributed by atoms with E-state index in [-0.39, 0.29) is 5.69 Å². The van der Waals surface area contributed by atoms with Crippen LogP contribution in [0.25, 0.3) is 0 Å². The fraction of sp³-hybridized carbons (Fsp3) is 0.176. The predicted molar refractivity (Wildman–Crippen MR) is 86.8 cm³/mol. The summed E-state index contributed by atoms with van der Waals surface area (Å²) in [4.78, 5) is 12.4. The summed E-state index contributed by atoms with van der Waals surface area (Å²) in [7, 11) is 0. The van der Waals surface area contributed by atoms with Gasteiger partial charge in [0.05, 0.1) is 22.6 Å². The van der Waals surface area contributed by atoms with E-state index in [1.54, 1.807) is 31.2 Å². The fourth-order valence-corrected chi connectivity index (χ4v) is 2.31. The van der Waals surface area contributed by atoms with Crippen molar-refractivity contribution >= 4 is 23.0 Å². The highest BCUT2D eigenvalue weighted by molar-refractivity contribution is 6.18. The average molecular weight is 346 g/mol. The topological polar surface area (TPSA) is 57.4 Å². The number of hydrazone groups is 1. The molecule has 0 saturated carbocycles. The van der Waals surface area contributed by atoms with Crippen molar-refractivity contribution in [1.29, 1.82) is 0 Å². The summed E-state index contributed by atoms with van der Waals surface area (Å²) in [6.45, 7) is 1.62. The lowest BCUT2D eigenvalue weighted by Gasteiger charge is -2.11. The number of azo groups is 1. The number of halogens is 3. The molecule has 25 heavy (non-hydrogen) atoms. The third-order valence-electron chi connectivity index (χ3n) is 3.56. The van der Waals surface area contributed by atoms with Crippen molar-refractivity contribution < 1.29 is 18.0 Å². The number of carbonyl (C=O) groups is 1. The largest absolute Gasteiger partial charge is 0.416 e. The van der Waals surface area contributed by atoms with Gasteiger partial charge in [0.15, 0.2) is 6.04 Å². The number of rotatable bonds is 3. The van der Waals surface area contributed by atoms with E-state index in [1.165, 1.54) is 17.1 Å². The van der Waals surface area contributed by atoms with Crippen molar-refractivity contribution in [3.05, 3.63) is 60.2 Å². The van der Waals surface area contributed by atoms with E-state index in [9.17, 15) is 18.0 Å². The van der Waals surface area contributed by atoms with Crippen LogP contribution < -0.4 is 5.01 Å². The van der Waals surface area contributed by atoms with Gasteiger partial charge in [-0.05, 0) is 37.3 Å². The molecule has 0 bridgehead atoms. The Labute approximate surface area is 141 Å². The number of para-hydroxylation sites is 1. The van der Waals surface area contributed by atoms with Crippen LogP contribution in [-0.4, -0.2) is 17.7 Å². The number of hydrogen-bond donors (Lipinski definition) is 0. The van der Waals surface area contributed by atoms with E-state index in [0.29, 0.717) is 11.4 Å². The molecule has 0 fully saturated rings. The van der Waals surface area contributed by atoms with E-state index >= 15 is 0 Å². The summed E-state index contributed by atoms with van der Waals surface area (Å²) < 4.78 is 38.2. The molecule has 0 saturated heterocycles. The van der Waals surface area contributed by atoms with Crippen molar-refractivity contribution in [3.63, 3.8) is 0 Å². The molecule has 128 valence electrons. The van der Waals surface area contributed by atoms with Gasteiger partial charge in [0.25, 0.3) is 5.91 Å². The quantitative estimate of drug-likeness (QED) is 0.751. The van der Waals surface area contributed by atoms with Gasteiger partial charge in [0.1, 0.15) is 0 Å². The van der Waals surface area contributed by atoms with Crippen molar-refractivity contribution in [1.82, 2.24) is 0 Å². The van der Waals surface area contributed by atoms with Gasteiger partial charge in [-0.1, -0.05) is 24.3 Å². The molecule has 0 radical (unpaired) electrons. The van der Waals surface area contributed by atoms with Crippen LogP contribution in [0.15, 0.2) is 69.9 Å². The van der Waals surface area contributed by atoms with Crippen LogP contribution in [0.1, 0.15) is 12.5 Å². The lowest BCUT2D eigenvalue weighted by molar-refractivity contribution is -0.137. The highest BCUT2D eigenvalue weighted by Gasteiger charge is 2.35. The lowest BCUT2D eigenvalue weighted by atomic mass is 10.2. The number of alkyl halides is 3. The van der Waals surface area contributed by atoms with Gasteiger partial charge in [-0.2, -0.15) is 33.5 Å². The summed E-state index contributed by atoms with van der Waals surface area (Å²) >= 11 is 0. The van der Waals surface area contributed by atoms with Gasteiger partial charge in [0, 0.05) is 0 Å². The Kier molecular flexibility index (Phi) is 4.35. The molecule has 2 aromatic carbocycles. The van der Waals surface area contributed by atoms with Crippen molar-refractivity contribution in [2.45, 2.75) is 19.1 Å². The van der Waals surface area contributed by atoms with Gasteiger partial charge >= 0.3 is 6.18 Å². The first-order valence-corrected chi connectivity index (χ1v) is 7.38. The highest BCUT2D eigenvalue weighted by Crippen LogP contribution is 2.31. The number of benzene rings is 2. The molecule has 0 aromatic heterocycles. The maximum absolute atomic E-state index is 12.7. The molecule has 3 rings (SSSR count). The number of hydrogen-bond acceptors (Lipinski definition) is 4. The zero-order valence-electron chi connectivity index (χ0n) is 13.1. The number of anilines is 1. The van der Waals surface area contributed by atoms with Crippen LogP contribution in [0.4, 0.5) is 24.5 Å². The Balaban J connectivity index is 1.81. The Morgan fingerprint density at radius 2 is 1.80 bits per heavy atom. The molecule has 8 heteroatoms.